The molecule has 2 aliphatic rings. The minimum Gasteiger partial charge on any atom is -0.497 e. The van der Waals surface area contributed by atoms with E-state index in [4.69, 9.17) is 19.4 Å². The molecule has 2 heterocycles. The van der Waals surface area contributed by atoms with Gasteiger partial charge in [-0.1, -0.05) is 52.0 Å². The first kappa shape index (κ1) is 31.1. The molecule has 0 bridgehead atoms. The zero-order chi connectivity index (χ0) is 31.4. The van der Waals surface area contributed by atoms with Gasteiger partial charge in [-0.3, -0.25) is 19.6 Å². The number of hydrogen-bond donors (Lipinski definition) is 0. The summed E-state index contributed by atoms with van der Waals surface area (Å²) in [6.07, 6.45) is 3.72. The van der Waals surface area contributed by atoms with Gasteiger partial charge in [0.25, 0.3) is 0 Å². The summed E-state index contributed by atoms with van der Waals surface area (Å²) in [5.74, 6) is 3.04. The molecule has 0 radical (unpaired) electrons. The van der Waals surface area contributed by atoms with E-state index in [-0.39, 0.29) is 23.4 Å². The van der Waals surface area contributed by atoms with Crippen molar-refractivity contribution in [3.8, 4) is 34.0 Å². The Hall–Kier alpha value is -4.32. The maximum Gasteiger partial charge on any atom is 0.167 e. The fourth-order valence-corrected chi connectivity index (χ4v) is 6.43. The van der Waals surface area contributed by atoms with Crippen LogP contribution in [0.25, 0.3) is 22.5 Å². The third kappa shape index (κ3) is 6.30. The van der Waals surface area contributed by atoms with Crippen LogP contribution in [0.5, 0.6) is 11.5 Å². The second-order valence-electron chi connectivity index (χ2n) is 11.9. The highest BCUT2D eigenvalue weighted by molar-refractivity contribution is 6.01. The molecule has 6 rings (SSSR count). The molecule has 2 aromatic heterocycles. The summed E-state index contributed by atoms with van der Waals surface area (Å²) >= 11 is 0. The van der Waals surface area contributed by atoms with E-state index in [9.17, 15) is 9.59 Å². The number of pyridine rings is 2. The Morgan fingerprint density at radius 2 is 1.14 bits per heavy atom. The van der Waals surface area contributed by atoms with Gasteiger partial charge in [0.1, 0.15) is 11.5 Å². The number of aromatic nitrogens is 2. The molecule has 228 valence electrons. The number of carbonyl (C=O) groups excluding carboxylic acids is 2. The lowest BCUT2D eigenvalue weighted by molar-refractivity contribution is 0.0885. The summed E-state index contributed by atoms with van der Waals surface area (Å²) in [7, 11) is 3.32. The molecule has 4 unspecified atom stereocenters. The van der Waals surface area contributed by atoms with Crippen LogP contribution in [0.3, 0.4) is 0 Å². The SMILES string of the molecule is CCC1CC(C)C(=O)c2ccc(-c3cccc(OC)c3)nc21.CCC1CC(C)c2nc(-c3cccc(OC)c3)ccc2C1=O. The highest BCUT2D eigenvalue weighted by Gasteiger charge is 2.32. The quantitative estimate of drug-likeness (QED) is 0.223. The van der Waals surface area contributed by atoms with Gasteiger partial charge >= 0.3 is 0 Å². The Labute approximate surface area is 260 Å². The average molecular weight is 591 g/mol. The molecule has 0 saturated heterocycles. The Kier molecular flexibility index (Phi) is 9.58. The molecule has 0 amide bonds. The molecule has 0 fully saturated rings. The van der Waals surface area contributed by atoms with Crippen molar-refractivity contribution >= 4 is 11.6 Å². The van der Waals surface area contributed by atoms with E-state index >= 15 is 0 Å². The predicted molar refractivity (Wildman–Crippen MR) is 175 cm³/mol. The third-order valence-electron chi connectivity index (χ3n) is 9.04. The minimum atomic E-state index is 0.0990. The minimum absolute atomic E-state index is 0.0990. The van der Waals surface area contributed by atoms with E-state index < -0.39 is 0 Å². The molecule has 2 aromatic carbocycles. The van der Waals surface area contributed by atoms with Crippen molar-refractivity contribution in [3.05, 3.63) is 95.3 Å². The van der Waals surface area contributed by atoms with Gasteiger partial charge in [0, 0.05) is 40.0 Å². The number of carbonyl (C=O) groups is 2. The molecule has 0 saturated carbocycles. The summed E-state index contributed by atoms with van der Waals surface area (Å²) in [6, 6.07) is 23.5. The van der Waals surface area contributed by atoms with Crippen molar-refractivity contribution in [2.24, 2.45) is 11.8 Å². The van der Waals surface area contributed by atoms with Gasteiger partial charge in [-0.2, -0.15) is 0 Å². The first-order valence-corrected chi connectivity index (χ1v) is 15.7. The second kappa shape index (κ2) is 13.5. The molecule has 0 aliphatic heterocycles. The Bertz CT molecular complexity index is 1660. The lowest BCUT2D eigenvalue weighted by Crippen LogP contribution is -2.25. The van der Waals surface area contributed by atoms with Crippen LogP contribution in [0.1, 0.15) is 97.3 Å². The summed E-state index contributed by atoms with van der Waals surface area (Å²) in [4.78, 5) is 34.5. The lowest BCUT2D eigenvalue weighted by Gasteiger charge is -2.27. The van der Waals surface area contributed by atoms with Crippen LogP contribution in [0.4, 0.5) is 0 Å². The topological polar surface area (TPSA) is 78.4 Å². The molecule has 4 aromatic rings. The van der Waals surface area contributed by atoms with Crippen molar-refractivity contribution in [2.45, 2.75) is 65.2 Å². The first-order chi connectivity index (χ1) is 21.3. The van der Waals surface area contributed by atoms with Gasteiger partial charge in [-0.05, 0) is 80.1 Å². The van der Waals surface area contributed by atoms with Gasteiger partial charge in [0.05, 0.1) is 37.0 Å². The average Bonchev–Trinajstić information content (AvgIpc) is 3.07. The van der Waals surface area contributed by atoms with Crippen molar-refractivity contribution < 1.29 is 19.1 Å². The van der Waals surface area contributed by atoms with E-state index in [0.717, 1.165) is 82.2 Å². The van der Waals surface area contributed by atoms with E-state index in [1.54, 1.807) is 14.2 Å². The van der Waals surface area contributed by atoms with Gasteiger partial charge in [-0.15, -0.1) is 0 Å². The fraction of sp³-hybridized carbons (Fsp3) is 0.368. The van der Waals surface area contributed by atoms with Gasteiger partial charge in [-0.25, -0.2) is 0 Å². The highest BCUT2D eigenvalue weighted by Crippen LogP contribution is 2.38. The van der Waals surface area contributed by atoms with Gasteiger partial charge in [0.2, 0.25) is 0 Å². The van der Waals surface area contributed by atoms with Crippen molar-refractivity contribution in [1.82, 2.24) is 9.97 Å². The number of ether oxygens (including phenoxy) is 2. The standard InChI is InChI=1S/2C19H21NO2/c1-4-13-10-12(2)19(21)16-8-9-17(20-18(13)16)14-6-5-7-15(11-14)22-3;1-4-13-10-12(2)18-16(19(13)21)8-9-17(20-18)14-6-5-7-15(11-14)22-3/h2*5-9,11-13H,4,10H2,1-3H3. The Morgan fingerprint density at radius 1 is 0.636 bits per heavy atom. The smallest absolute Gasteiger partial charge is 0.167 e. The summed E-state index contributed by atoms with van der Waals surface area (Å²) in [6.45, 7) is 8.43. The summed E-state index contributed by atoms with van der Waals surface area (Å²) in [5.41, 5.74) is 7.34. The van der Waals surface area contributed by atoms with Crippen LogP contribution in [0.2, 0.25) is 0 Å². The molecule has 2 aliphatic carbocycles. The van der Waals surface area contributed by atoms with Crippen LogP contribution in [0, 0.1) is 11.8 Å². The number of benzene rings is 2. The molecule has 6 heteroatoms. The largest absolute Gasteiger partial charge is 0.497 e. The first-order valence-electron chi connectivity index (χ1n) is 15.7. The zero-order valence-electron chi connectivity index (χ0n) is 26.6. The molecule has 0 spiro atoms. The highest BCUT2D eigenvalue weighted by atomic mass is 16.5. The maximum atomic E-state index is 12.5. The zero-order valence-corrected chi connectivity index (χ0v) is 26.6. The number of fused-ring (bicyclic) bond motifs is 2. The van der Waals surface area contributed by atoms with Crippen molar-refractivity contribution in [2.75, 3.05) is 14.2 Å². The molecule has 44 heavy (non-hydrogen) atoms. The number of methoxy groups -OCH3 is 2. The van der Waals surface area contributed by atoms with Crippen LogP contribution >= 0.6 is 0 Å². The Balaban J connectivity index is 0.000000175. The second-order valence-corrected chi connectivity index (χ2v) is 11.9. The van der Waals surface area contributed by atoms with E-state index in [2.05, 4.69) is 20.8 Å². The van der Waals surface area contributed by atoms with Crippen LogP contribution in [-0.2, 0) is 0 Å². The predicted octanol–water partition coefficient (Wildman–Crippen LogP) is 8.95. The monoisotopic (exact) mass is 590 g/mol. The van der Waals surface area contributed by atoms with E-state index in [0.29, 0.717) is 11.8 Å². The summed E-state index contributed by atoms with van der Waals surface area (Å²) < 4.78 is 10.6. The van der Waals surface area contributed by atoms with Crippen LogP contribution in [0.15, 0.2) is 72.8 Å². The lowest BCUT2D eigenvalue weighted by atomic mass is 9.78. The molecule has 6 nitrogen and oxygen atoms in total. The molecular formula is C38H42N2O4. The summed E-state index contributed by atoms with van der Waals surface area (Å²) in [5, 5.41) is 0. The van der Waals surface area contributed by atoms with Crippen LogP contribution in [-0.4, -0.2) is 35.8 Å². The Morgan fingerprint density at radius 3 is 1.66 bits per heavy atom. The molecular weight excluding hydrogens is 548 g/mol. The van der Waals surface area contributed by atoms with Crippen LogP contribution < -0.4 is 9.47 Å². The third-order valence-corrected chi connectivity index (χ3v) is 9.04. The number of hydrogen-bond acceptors (Lipinski definition) is 6. The molecule has 4 atom stereocenters. The number of rotatable bonds is 6. The maximum absolute atomic E-state index is 12.5. The van der Waals surface area contributed by atoms with E-state index in [1.165, 1.54) is 0 Å². The normalized spacial score (nSPS) is 20.6. The van der Waals surface area contributed by atoms with E-state index in [1.807, 2.05) is 79.7 Å². The number of ketones is 2. The van der Waals surface area contributed by atoms with Crippen molar-refractivity contribution in [3.63, 3.8) is 0 Å². The fourth-order valence-electron chi connectivity index (χ4n) is 6.43. The number of Topliss-reactive ketones (excluding diaryl/α,β-unsaturated/α-hetero) is 2. The van der Waals surface area contributed by atoms with Gasteiger partial charge in [0.15, 0.2) is 11.6 Å². The van der Waals surface area contributed by atoms with Gasteiger partial charge < -0.3 is 9.47 Å². The molecule has 0 N–H and O–H groups in total. The van der Waals surface area contributed by atoms with Crippen molar-refractivity contribution in [1.29, 1.82) is 0 Å². The number of nitrogens with zero attached hydrogens (tertiary/aromatic N) is 2.